The molecule has 0 fully saturated rings. The molecule has 1 nitrogen and oxygen atoms in total. The third kappa shape index (κ3) is 3.96. The molecule has 3 aliphatic carbocycles. The van der Waals surface area contributed by atoms with Crippen molar-refractivity contribution in [2.24, 2.45) is 0 Å². The van der Waals surface area contributed by atoms with Crippen LogP contribution >= 0.6 is 0 Å². The molecule has 0 spiro atoms. The van der Waals surface area contributed by atoms with Gasteiger partial charge in [-0.1, -0.05) is 87.7 Å². The minimum atomic E-state index is -0.144. The fraction of sp³-hybridized carbons (Fsp3) is 0.244. The smallest absolute Gasteiger partial charge is 0.0487 e. The number of terminal acetylenes is 1. The molecule has 5 aromatic rings. The molecule has 0 atom stereocenters. The van der Waals surface area contributed by atoms with E-state index in [9.17, 15) is 0 Å². The normalized spacial score (nSPS) is 16.6. The molecule has 0 heterocycles. The Morgan fingerprint density at radius 3 is 2.04 bits per heavy atom. The second kappa shape index (κ2) is 9.85. The molecule has 0 amide bonds. The highest BCUT2D eigenvalue weighted by Crippen LogP contribution is 2.58. The molecule has 0 aliphatic heterocycles. The van der Waals surface area contributed by atoms with Crippen molar-refractivity contribution in [2.45, 2.75) is 72.1 Å². The van der Waals surface area contributed by atoms with Gasteiger partial charge >= 0.3 is 0 Å². The highest BCUT2D eigenvalue weighted by molar-refractivity contribution is 6.05. The molecular formula is C45H41N. The van der Waals surface area contributed by atoms with E-state index in [0.29, 0.717) is 0 Å². The van der Waals surface area contributed by atoms with Crippen molar-refractivity contribution in [1.29, 1.82) is 0 Å². The fourth-order valence-corrected chi connectivity index (χ4v) is 8.57. The number of hydrogen-bond donors (Lipinski definition) is 0. The Kier molecular flexibility index (Phi) is 6.14. The molecule has 8 rings (SSSR count). The zero-order valence-electron chi connectivity index (χ0n) is 28.1. The fourth-order valence-electron chi connectivity index (χ4n) is 8.57. The lowest BCUT2D eigenvalue weighted by molar-refractivity contribution is 0.652. The molecule has 0 unspecified atom stereocenters. The maximum atomic E-state index is 5.77. The van der Waals surface area contributed by atoms with E-state index in [4.69, 9.17) is 6.42 Å². The number of fused-ring (bicyclic) bond motifs is 8. The molecule has 0 saturated carbocycles. The van der Waals surface area contributed by atoms with Crippen molar-refractivity contribution in [1.82, 2.24) is 0 Å². The van der Waals surface area contributed by atoms with Crippen molar-refractivity contribution in [3.8, 4) is 34.6 Å². The Morgan fingerprint density at radius 2 is 1.33 bits per heavy atom. The lowest BCUT2D eigenvalue weighted by Gasteiger charge is -2.32. The van der Waals surface area contributed by atoms with Crippen LogP contribution in [0.15, 0.2) is 102 Å². The Balaban J connectivity index is 1.31. The molecule has 0 bridgehead atoms. The maximum Gasteiger partial charge on any atom is 0.0487 e. The zero-order chi connectivity index (χ0) is 32.1. The quantitative estimate of drug-likeness (QED) is 0.188. The number of rotatable bonds is 3. The van der Waals surface area contributed by atoms with Gasteiger partial charge in [0.1, 0.15) is 0 Å². The predicted molar refractivity (Wildman–Crippen MR) is 196 cm³/mol. The summed E-state index contributed by atoms with van der Waals surface area (Å²) in [6.07, 6.45) is 11.9. The van der Waals surface area contributed by atoms with Crippen LogP contribution in [0.25, 0.3) is 33.0 Å². The average molecular weight is 596 g/mol. The Hall–Kier alpha value is -4.80. The van der Waals surface area contributed by atoms with Crippen molar-refractivity contribution >= 4 is 22.1 Å². The summed E-state index contributed by atoms with van der Waals surface area (Å²) in [5, 5.41) is 2.72. The number of nitrogens with zero attached hydrogens (tertiary/aromatic N) is 1. The van der Waals surface area contributed by atoms with E-state index in [-0.39, 0.29) is 10.8 Å². The van der Waals surface area contributed by atoms with E-state index in [0.717, 1.165) is 18.4 Å². The van der Waals surface area contributed by atoms with Crippen LogP contribution in [0.3, 0.4) is 0 Å². The molecular weight excluding hydrogens is 555 g/mol. The largest absolute Gasteiger partial charge is 0.314 e. The minimum absolute atomic E-state index is 0.0701. The van der Waals surface area contributed by atoms with Gasteiger partial charge < -0.3 is 4.90 Å². The number of benzene rings is 5. The van der Waals surface area contributed by atoms with Gasteiger partial charge in [0.25, 0.3) is 0 Å². The first-order chi connectivity index (χ1) is 22.0. The Bertz CT molecular complexity index is 2240. The van der Waals surface area contributed by atoms with E-state index < -0.39 is 0 Å². The molecule has 46 heavy (non-hydrogen) atoms. The SMILES string of the molecule is C#CC1=CC=C(N(c2ccc3c(c2)C(C)(C)c2cc4c(cc2-3)C(C)(C)c2cc(C)c3ccccc3c2-4)c2ccc(C)cc2C)CC1. The Morgan fingerprint density at radius 1 is 0.630 bits per heavy atom. The van der Waals surface area contributed by atoms with E-state index >= 15 is 0 Å². The summed E-state index contributed by atoms with van der Waals surface area (Å²) in [4.78, 5) is 2.46. The molecule has 0 N–H and O–H groups in total. The van der Waals surface area contributed by atoms with E-state index in [2.05, 4.69) is 150 Å². The van der Waals surface area contributed by atoms with Gasteiger partial charge in [0.15, 0.2) is 0 Å². The first-order valence-electron chi connectivity index (χ1n) is 16.6. The van der Waals surface area contributed by atoms with Gasteiger partial charge in [-0.15, -0.1) is 6.42 Å². The summed E-state index contributed by atoms with van der Waals surface area (Å²) in [5.41, 5.74) is 19.7. The van der Waals surface area contributed by atoms with Crippen molar-refractivity contribution in [2.75, 3.05) is 4.90 Å². The van der Waals surface area contributed by atoms with Gasteiger partial charge in [-0.2, -0.15) is 0 Å². The lowest BCUT2D eigenvalue weighted by atomic mass is 9.79. The van der Waals surface area contributed by atoms with E-state index in [1.807, 2.05) is 0 Å². The number of aryl methyl sites for hydroxylation is 3. The maximum absolute atomic E-state index is 5.77. The second-order valence-corrected chi connectivity index (χ2v) is 14.7. The summed E-state index contributed by atoms with van der Waals surface area (Å²) in [6, 6.07) is 30.4. The number of allylic oxidation sites excluding steroid dienone is 4. The standard InChI is InChI=1S/C45H41N/c1-9-30-15-17-31(18-16-30)46(42-21-14-27(2)22-29(42)4)32-19-20-34-36-25-40-37(26-39(36)44(5,6)38(34)24-32)43-35-13-11-10-12-33(35)28(3)23-41(43)45(40,7)8/h1,10-15,17,19-26H,16,18H2,2-8H3. The molecule has 0 radical (unpaired) electrons. The summed E-state index contributed by atoms with van der Waals surface area (Å²) in [5.74, 6) is 2.86. The lowest BCUT2D eigenvalue weighted by Crippen LogP contribution is -2.20. The van der Waals surface area contributed by atoms with Crippen LogP contribution in [-0.2, 0) is 10.8 Å². The predicted octanol–water partition coefficient (Wildman–Crippen LogP) is 11.8. The summed E-state index contributed by atoms with van der Waals surface area (Å²) in [7, 11) is 0. The van der Waals surface area contributed by atoms with Crippen molar-refractivity contribution in [3.63, 3.8) is 0 Å². The molecule has 226 valence electrons. The van der Waals surface area contributed by atoms with Gasteiger partial charge in [0.2, 0.25) is 0 Å². The first-order valence-corrected chi connectivity index (χ1v) is 16.6. The molecule has 3 aliphatic rings. The first kappa shape index (κ1) is 28.7. The third-order valence-electron chi connectivity index (χ3n) is 11.1. The average Bonchev–Trinajstić information content (AvgIpc) is 3.40. The van der Waals surface area contributed by atoms with E-state index in [1.165, 1.54) is 89.0 Å². The van der Waals surface area contributed by atoms with Crippen molar-refractivity contribution in [3.05, 3.63) is 141 Å². The van der Waals surface area contributed by atoms with Crippen LogP contribution in [0.2, 0.25) is 0 Å². The highest BCUT2D eigenvalue weighted by atomic mass is 15.2. The Labute approximate surface area is 274 Å². The third-order valence-corrected chi connectivity index (χ3v) is 11.1. The van der Waals surface area contributed by atoms with Crippen LogP contribution in [0.4, 0.5) is 11.4 Å². The van der Waals surface area contributed by atoms with Crippen LogP contribution in [-0.4, -0.2) is 0 Å². The van der Waals surface area contributed by atoms with Crippen LogP contribution in [0.5, 0.6) is 0 Å². The monoisotopic (exact) mass is 595 g/mol. The van der Waals surface area contributed by atoms with Crippen LogP contribution in [0.1, 0.15) is 79.5 Å². The molecule has 5 aromatic carbocycles. The minimum Gasteiger partial charge on any atom is -0.314 e. The molecule has 0 aromatic heterocycles. The number of anilines is 2. The van der Waals surface area contributed by atoms with Gasteiger partial charge in [0.05, 0.1) is 0 Å². The van der Waals surface area contributed by atoms with E-state index in [1.54, 1.807) is 0 Å². The van der Waals surface area contributed by atoms with Gasteiger partial charge in [-0.05, 0) is 143 Å². The van der Waals surface area contributed by atoms with Crippen molar-refractivity contribution < 1.29 is 0 Å². The van der Waals surface area contributed by atoms with Gasteiger partial charge in [-0.25, -0.2) is 0 Å². The second-order valence-electron chi connectivity index (χ2n) is 14.7. The van der Waals surface area contributed by atoms with Crippen LogP contribution in [0, 0.1) is 33.1 Å². The molecule has 1 heteroatoms. The molecule has 0 saturated heterocycles. The highest BCUT2D eigenvalue weighted by Gasteiger charge is 2.42. The van der Waals surface area contributed by atoms with Crippen LogP contribution < -0.4 is 4.90 Å². The van der Waals surface area contributed by atoms with Gasteiger partial charge in [0, 0.05) is 33.5 Å². The summed E-state index contributed by atoms with van der Waals surface area (Å²) >= 11 is 0. The summed E-state index contributed by atoms with van der Waals surface area (Å²) < 4.78 is 0. The summed E-state index contributed by atoms with van der Waals surface area (Å²) in [6.45, 7) is 16.3. The number of hydrogen-bond acceptors (Lipinski definition) is 1. The topological polar surface area (TPSA) is 3.24 Å². The zero-order valence-corrected chi connectivity index (χ0v) is 28.1. The van der Waals surface area contributed by atoms with Gasteiger partial charge in [-0.3, -0.25) is 0 Å².